The number of phenolic OH excluding ortho intramolecular Hbond substituents is 7. The van der Waals surface area contributed by atoms with Gasteiger partial charge in [-0.05, 0) is 60.9 Å². The standard InChI is InChI=1S/C31H28O10/c1-2-40-18-6-3-15(4-7-18)9-19-23(33)14-24(34)20-13-21(28(38)17-11-26(36)29(39)27(37)12-17)30(41-31(19)20)16-5-8-22(32)25(35)10-16/h3-8,10-12,14,21,30,32-37,39H,2,9,13H2,1H3/t21-,30-/m0/s1. The second-order valence-electron chi connectivity index (χ2n) is 9.78. The molecule has 0 amide bonds. The van der Waals surface area contributed by atoms with Gasteiger partial charge in [-0.1, -0.05) is 18.2 Å². The molecule has 7 N–H and O–H groups in total. The van der Waals surface area contributed by atoms with Crippen molar-refractivity contribution in [3.8, 4) is 51.7 Å². The highest BCUT2D eigenvalue weighted by molar-refractivity contribution is 6.00. The van der Waals surface area contributed by atoms with Gasteiger partial charge >= 0.3 is 0 Å². The van der Waals surface area contributed by atoms with Crippen LogP contribution in [0.5, 0.6) is 51.7 Å². The summed E-state index contributed by atoms with van der Waals surface area (Å²) in [7, 11) is 0. The van der Waals surface area contributed by atoms with E-state index in [0.29, 0.717) is 23.5 Å². The molecule has 5 rings (SSSR count). The van der Waals surface area contributed by atoms with E-state index in [1.54, 1.807) is 12.1 Å². The Balaban J connectivity index is 1.61. The zero-order valence-corrected chi connectivity index (χ0v) is 21.9. The van der Waals surface area contributed by atoms with Crippen molar-refractivity contribution in [2.45, 2.75) is 25.9 Å². The van der Waals surface area contributed by atoms with E-state index in [2.05, 4.69) is 0 Å². The third-order valence-corrected chi connectivity index (χ3v) is 7.11. The third-order valence-electron chi connectivity index (χ3n) is 7.11. The van der Waals surface area contributed by atoms with Crippen LogP contribution >= 0.6 is 0 Å². The molecular formula is C31H28O10. The zero-order valence-electron chi connectivity index (χ0n) is 21.9. The van der Waals surface area contributed by atoms with Crippen LogP contribution in [-0.2, 0) is 12.8 Å². The van der Waals surface area contributed by atoms with E-state index >= 15 is 0 Å². The van der Waals surface area contributed by atoms with E-state index in [-0.39, 0.29) is 47.0 Å². The molecule has 10 nitrogen and oxygen atoms in total. The molecule has 1 heterocycles. The number of carbonyl (C=O) groups excluding carboxylic acids is 1. The number of hydrogen-bond acceptors (Lipinski definition) is 10. The van der Waals surface area contributed by atoms with Gasteiger partial charge in [0.05, 0.1) is 12.5 Å². The van der Waals surface area contributed by atoms with E-state index in [4.69, 9.17) is 9.47 Å². The topological polar surface area (TPSA) is 177 Å². The van der Waals surface area contributed by atoms with Crippen molar-refractivity contribution >= 4 is 5.78 Å². The van der Waals surface area contributed by atoms with Crippen LogP contribution in [0.1, 0.15) is 45.6 Å². The minimum absolute atomic E-state index is 0.0781. The molecule has 0 saturated heterocycles. The van der Waals surface area contributed by atoms with E-state index in [0.717, 1.165) is 17.7 Å². The smallest absolute Gasteiger partial charge is 0.200 e. The fraction of sp³-hybridized carbons (Fsp3) is 0.194. The fourth-order valence-electron chi connectivity index (χ4n) is 5.05. The fourth-order valence-corrected chi connectivity index (χ4v) is 5.05. The van der Waals surface area contributed by atoms with E-state index in [1.165, 1.54) is 24.3 Å². The molecule has 0 spiro atoms. The lowest BCUT2D eigenvalue weighted by molar-refractivity contribution is 0.0676. The van der Waals surface area contributed by atoms with Crippen molar-refractivity contribution in [2.75, 3.05) is 6.61 Å². The highest BCUT2D eigenvalue weighted by Gasteiger charge is 2.40. The van der Waals surface area contributed by atoms with Gasteiger partial charge in [0, 0.05) is 29.2 Å². The molecule has 0 radical (unpaired) electrons. The quantitative estimate of drug-likeness (QED) is 0.123. The predicted molar refractivity (Wildman–Crippen MR) is 146 cm³/mol. The van der Waals surface area contributed by atoms with Crippen molar-refractivity contribution in [1.82, 2.24) is 0 Å². The van der Waals surface area contributed by atoms with Gasteiger partial charge in [0.1, 0.15) is 29.1 Å². The summed E-state index contributed by atoms with van der Waals surface area (Å²) in [6.45, 7) is 2.39. The Labute approximate surface area is 234 Å². The molecule has 41 heavy (non-hydrogen) atoms. The lowest BCUT2D eigenvalue weighted by Crippen LogP contribution is -2.32. The molecule has 4 aromatic rings. The molecule has 1 aliphatic heterocycles. The van der Waals surface area contributed by atoms with E-state index in [1.807, 2.05) is 19.1 Å². The maximum atomic E-state index is 13.8. The summed E-state index contributed by atoms with van der Waals surface area (Å²) in [4.78, 5) is 13.8. The number of ketones is 1. The van der Waals surface area contributed by atoms with Gasteiger partial charge in [-0.15, -0.1) is 0 Å². The number of carbonyl (C=O) groups is 1. The van der Waals surface area contributed by atoms with Gasteiger partial charge < -0.3 is 45.2 Å². The van der Waals surface area contributed by atoms with Crippen molar-refractivity contribution in [1.29, 1.82) is 0 Å². The summed E-state index contributed by atoms with van der Waals surface area (Å²) in [6.07, 6.45) is -0.947. The molecule has 0 aromatic heterocycles. The first-order valence-corrected chi connectivity index (χ1v) is 12.8. The van der Waals surface area contributed by atoms with Crippen molar-refractivity contribution < 1.29 is 50.0 Å². The Morgan fingerprint density at radius 2 is 1.49 bits per heavy atom. The first-order valence-electron chi connectivity index (χ1n) is 12.8. The molecular weight excluding hydrogens is 532 g/mol. The molecule has 212 valence electrons. The number of ether oxygens (including phenoxy) is 2. The van der Waals surface area contributed by atoms with Crippen LogP contribution in [0, 0.1) is 5.92 Å². The van der Waals surface area contributed by atoms with Gasteiger partial charge in [-0.25, -0.2) is 0 Å². The molecule has 2 atom stereocenters. The average molecular weight is 561 g/mol. The minimum Gasteiger partial charge on any atom is -0.507 e. The lowest BCUT2D eigenvalue weighted by Gasteiger charge is -2.35. The van der Waals surface area contributed by atoms with Crippen molar-refractivity contribution in [3.63, 3.8) is 0 Å². The summed E-state index contributed by atoms with van der Waals surface area (Å²) in [5.74, 6) is -4.33. The molecule has 0 fully saturated rings. The van der Waals surface area contributed by atoms with Gasteiger partial charge in [-0.2, -0.15) is 0 Å². The van der Waals surface area contributed by atoms with Crippen molar-refractivity contribution in [3.05, 3.63) is 88.5 Å². The van der Waals surface area contributed by atoms with Gasteiger partial charge in [0.25, 0.3) is 0 Å². The number of fused-ring (bicyclic) bond motifs is 1. The second-order valence-corrected chi connectivity index (χ2v) is 9.78. The highest BCUT2D eigenvalue weighted by atomic mass is 16.5. The van der Waals surface area contributed by atoms with Gasteiger partial charge in [0.2, 0.25) is 0 Å². The monoisotopic (exact) mass is 560 g/mol. The normalized spacial score (nSPS) is 16.0. The summed E-state index contributed by atoms with van der Waals surface area (Å²) in [6, 6.07) is 14.4. The molecule has 0 saturated carbocycles. The number of aromatic hydroxyl groups is 7. The number of benzene rings is 4. The molecule has 4 aromatic carbocycles. The maximum Gasteiger partial charge on any atom is 0.200 e. The Kier molecular flexibility index (Phi) is 7.15. The number of hydrogen-bond donors (Lipinski definition) is 7. The Morgan fingerprint density at radius 3 is 2.12 bits per heavy atom. The van der Waals surface area contributed by atoms with Crippen LogP contribution in [0.15, 0.2) is 60.7 Å². The Bertz CT molecular complexity index is 1600. The van der Waals surface area contributed by atoms with Crippen LogP contribution in [0.4, 0.5) is 0 Å². The maximum absolute atomic E-state index is 13.8. The minimum atomic E-state index is -1.08. The SMILES string of the molecule is CCOc1ccc(Cc2c(O)cc(O)c3c2O[C@@H](c2ccc(O)c(O)c2)[C@H](C(=O)c2cc(O)c(O)c(O)c2)C3)cc1. The van der Waals surface area contributed by atoms with Crippen LogP contribution in [0.2, 0.25) is 0 Å². The van der Waals surface area contributed by atoms with Crippen molar-refractivity contribution in [2.24, 2.45) is 5.92 Å². The zero-order chi connectivity index (χ0) is 29.4. The third kappa shape index (κ3) is 5.19. The summed E-state index contributed by atoms with van der Waals surface area (Å²) in [5, 5.41) is 71.5. The van der Waals surface area contributed by atoms with Gasteiger partial charge in [0.15, 0.2) is 34.5 Å². The predicted octanol–water partition coefficient (Wildman–Crippen LogP) is 4.79. The number of phenols is 7. The molecule has 0 unspecified atom stereocenters. The van der Waals surface area contributed by atoms with Crippen LogP contribution in [0.25, 0.3) is 0 Å². The summed E-state index contributed by atoms with van der Waals surface area (Å²) >= 11 is 0. The molecule has 1 aliphatic rings. The Morgan fingerprint density at radius 1 is 0.805 bits per heavy atom. The lowest BCUT2D eigenvalue weighted by atomic mass is 9.80. The number of Topliss-reactive ketones (excluding diaryl/α,β-unsaturated/α-hetero) is 1. The first kappa shape index (κ1) is 27.3. The molecule has 0 aliphatic carbocycles. The Hall–Kier alpha value is -5.25. The second kappa shape index (κ2) is 10.7. The average Bonchev–Trinajstić information content (AvgIpc) is 2.95. The van der Waals surface area contributed by atoms with E-state index < -0.39 is 40.8 Å². The number of rotatable bonds is 7. The highest BCUT2D eigenvalue weighted by Crippen LogP contribution is 2.49. The van der Waals surface area contributed by atoms with Crippen LogP contribution in [-0.4, -0.2) is 48.1 Å². The van der Waals surface area contributed by atoms with Gasteiger partial charge in [-0.3, -0.25) is 4.79 Å². The molecule has 0 bridgehead atoms. The van der Waals surface area contributed by atoms with E-state index in [9.17, 15) is 40.5 Å². The van der Waals surface area contributed by atoms with Crippen LogP contribution in [0.3, 0.4) is 0 Å². The summed E-state index contributed by atoms with van der Waals surface area (Å²) < 4.78 is 11.8. The first-order chi connectivity index (χ1) is 19.6. The van der Waals surface area contributed by atoms with Crippen LogP contribution < -0.4 is 9.47 Å². The largest absolute Gasteiger partial charge is 0.507 e. The summed E-state index contributed by atoms with van der Waals surface area (Å²) in [5.41, 5.74) is 1.61. The molecule has 10 heteroatoms.